The lowest BCUT2D eigenvalue weighted by Crippen LogP contribution is -2.14. The van der Waals surface area contributed by atoms with E-state index in [-0.39, 0.29) is 12.4 Å². The molecular weight excluding hydrogens is 269 g/mol. The molecule has 106 valence electrons. The third-order valence-electron chi connectivity index (χ3n) is 3.29. The summed E-state index contributed by atoms with van der Waals surface area (Å²) in [6.07, 6.45) is -0.683. The summed E-state index contributed by atoms with van der Waals surface area (Å²) >= 11 is 0. The van der Waals surface area contributed by atoms with E-state index in [1.807, 2.05) is 6.07 Å². The number of halogens is 3. The van der Waals surface area contributed by atoms with Gasteiger partial charge in [-0.25, -0.2) is 9.67 Å². The predicted octanol–water partition coefficient (Wildman–Crippen LogP) is 2.62. The van der Waals surface area contributed by atoms with Crippen molar-refractivity contribution in [2.45, 2.75) is 31.5 Å². The van der Waals surface area contributed by atoms with E-state index in [4.69, 9.17) is 5.73 Å². The van der Waals surface area contributed by atoms with Gasteiger partial charge in [-0.1, -0.05) is 6.07 Å². The maximum atomic E-state index is 12.7. The SMILES string of the molecule is NCc1ccc(C(F)(F)F)nc1-n1ccc(C2CC2)n1. The van der Waals surface area contributed by atoms with E-state index < -0.39 is 11.9 Å². The molecule has 4 nitrogen and oxygen atoms in total. The number of nitrogens with zero attached hydrogens (tertiary/aromatic N) is 3. The van der Waals surface area contributed by atoms with Crippen molar-refractivity contribution >= 4 is 0 Å². The van der Waals surface area contributed by atoms with Gasteiger partial charge in [0.1, 0.15) is 5.69 Å². The van der Waals surface area contributed by atoms with Crippen molar-refractivity contribution in [1.29, 1.82) is 0 Å². The van der Waals surface area contributed by atoms with Crippen LogP contribution in [0.2, 0.25) is 0 Å². The average molecular weight is 282 g/mol. The van der Waals surface area contributed by atoms with Gasteiger partial charge in [-0.3, -0.25) is 0 Å². The Labute approximate surface area is 113 Å². The fraction of sp³-hybridized carbons (Fsp3) is 0.385. The zero-order chi connectivity index (χ0) is 14.3. The van der Waals surface area contributed by atoms with Crippen LogP contribution in [0, 0.1) is 0 Å². The second-order valence-electron chi connectivity index (χ2n) is 4.84. The number of nitrogens with two attached hydrogens (primary N) is 1. The number of pyridine rings is 1. The molecule has 1 aliphatic rings. The Bertz CT molecular complexity index is 629. The standard InChI is InChI=1S/C13H13F3N4/c14-13(15,16)11-4-3-9(7-17)12(18-11)20-6-5-10(19-20)8-1-2-8/h3-6,8H,1-2,7,17H2. The Morgan fingerprint density at radius 1 is 1.25 bits per heavy atom. The van der Waals surface area contributed by atoms with Crippen LogP contribution in [-0.4, -0.2) is 14.8 Å². The highest BCUT2D eigenvalue weighted by molar-refractivity contribution is 5.36. The van der Waals surface area contributed by atoms with Gasteiger partial charge in [0.25, 0.3) is 0 Å². The second-order valence-corrected chi connectivity index (χ2v) is 4.84. The van der Waals surface area contributed by atoms with Gasteiger partial charge in [-0.05, 0) is 25.0 Å². The second kappa shape index (κ2) is 4.59. The Balaban J connectivity index is 2.04. The van der Waals surface area contributed by atoms with Gasteiger partial charge < -0.3 is 5.73 Å². The van der Waals surface area contributed by atoms with Crippen molar-refractivity contribution in [3.8, 4) is 5.82 Å². The molecule has 1 fully saturated rings. The highest BCUT2D eigenvalue weighted by Gasteiger charge is 2.33. The molecular formula is C13H13F3N4. The van der Waals surface area contributed by atoms with Crippen LogP contribution in [0.3, 0.4) is 0 Å². The molecule has 7 heteroatoms. The van der Waals surface area contributed by atoms with Crippen molar-refractivity contribution in [2.75, 3.05) is 0 Å². The summed E-state index contributed by atoms with van der Waals surface area (Å²) in [5.74, 6) is 0.581. The highest BCUT2D eigenvalue weighted by Crippen LogP contribution is 2.39. The number of alkyl halides is 3. The Morgan fingerprint density at radius 2 is 2.00 bits per heavy atom. The summed E-state index contributed by atoms with van der Waals surface area (Å²) in [4.78, 5) is 3.67. The van der Waals surface area contributed by atoms with Crippen LogP contribution in [0.25, 0.3) is 5.82 Å². The minimum absolute atomic E-state index is 0.110. The third kappa shape index (κ3) is 2.40. The van der Waals surface area contributed by atoms with Crippen molar-refractivity contribution in [2.24, 2.45) is 5.73 Å². The van der Waals surface area contributed by atoms with Gasteiger partial charge in [-0.15, -0.1) is 0 Å². The largest absolute Gasteiger partial charge is 0.433 e. The van der Waals surface area contributed by atoms with Crippen LogP contribution in [0.4, 0.5) is 13.2 Å². The first kappa shape index (κ1) is 13.1. The van der Waals surface area contributed by atoms with Crippen molar-refractivity contribution in [3.05, 3.63) is 41.3 Å². The summed E-state index contributed by atoms with van der Waals surface area (Å²) < 4.78 is 39.6. The Morgan fingerprint density at radius 3 is 2.60 bits per heavy atom. The number of rotatable bonds is 3. The first-order valence-corrected chi connectivity index (χ1v) is 6.32. The van der Waals surface area contributed by atoms with Crippen LogP contribution in [0.1, 0.15) is 35.7 Å². The molecule has 2 aromatic rings. The Kier molecular flexibility index (Phi) is 3.01. The maximum absolute atomic E-state index is 12.7. The molecule has 2 heterocycles. The molecule has 0 unspecified atom stereocenters. The fourth-order valence-corrected chi connectivity index (χ4v) is 2.05. The fourth-order valence-electron chi connectivity index (χ4n) is 2.05. The molecule has 0 aromatic carbocycles. The molecule has 2 aromatic heterocycles. The van der Waals surface area contributed by atoms with Gasteiger partial charge in [0.05, 0.1) is 5.69 Å². The van der Waals surface area contributed by atoms with Crippen LogP contribution < -0.4 is 5.73 Å². The zero-order valence-electron chi connectivity index (χ0n) is 10.6. The van der Waals surface area contributed by atoms with E-state index in [2.05, 4.69) is 10.1 Å². The third-order valence-corrected chi connectivity index (χ3v) is 3.29. The van der Waals surface area contributed by atoms with E-state index in [1.165, 1.54) is 10.7 Å². The van der Waals surface area contributed by atoms with E-state index in [9.17, 15) is 13.2 Å². The number of hydrogen-bond acceptors (Lipinski definition) is 3. The van der Waals surface area contributed by atoms with Gasteiger partial charge in [0, 0.05) is 24.2 Å². The molecule has 20 heavy (non-hydrogen) atoms. The number of hydrogen-bond donors (Lipinski definition) is 1. The lowest BCUT2D eigenvalue weighted by Gasteiger charge is -2.11. The van der Waals surface area contributed by atoms with Crippen LogP contribution in [-0.2, 0) is 12.7 Å². The molecule has 1 aliphatic carbocycles. The summed E-state index contributed by atoms with van der Waals surface area (Å²) in [7, 11) is 0. The van der Waals surface area contributed by atoms with E-state index >= 15 is 0 Å². The first-order valence-electron chi connectivity index (χ1n) is 6.32. The smallest absolute Gasteiger partial charge is 0.326 e. The predicted molar refractivity (Wildman–Crippen MR) is 66.2 cm³/mol. The average Bonchev–Trinajstić information content (AvgIpc) is 3.15. The normalized spacial score (nSPS) is 15.6. The van der Waals surface area contributed by atoms with Crippen LogP contribution in [0.5, 0.6) is 0 Å². The molecule has 0 amide bonds. The molecule has 0 aliphatic heterocycles. The molecule has 0 bridgehead atoms. The Hall–Kier alpha value is -1.89. The molecule has 2 N–H and O–H groups in total. The van der Waals surface area contributed by atoms with Gasteiger partial charge in [0.15, 0.2) is 5.82 Å². The zero-order valence-corrected chi connectivity index (χ0v) is 10.6. The molecule has 0 spiro atoms. The quantitative estimate of drug-likeness (QED) is 0.941. The minimum Gasteiger partial charge on any atom is -0.326 e. The van der Waals surface area contributed by atoms with Crippen LogP contribution >= 0.6 is 0 Å². The molecule has 0 radical (unpaired) electrons. The first-order chi connectivity index (χ1) is 9.49. The van der Waals surface area contributed by atoms with Gasteiger partial charge in [0.2, 0.25) is 0 Å². The van der Waals surface area contributed by atoms with E-state index in [0.29, 0.717) is 11.5 Å². The van der Waals surface area contributed by atoms with Crippen LogP contribution in [0.15, 0.2) is 24.4 Å². The molecule has 0 atom stereocenters. The van der Waals surface area contributed by atoms with Gasteiger partial charge >= 0.3 is 6.18 Å². The summed E-state index contributed by atoms with van der Waals surface area (Å²) in [6.45, 7) is 0.110. The molecule has 0 saturated heterocycles. The lowest BCUT2D eigenvalue weighted by molar-refractivity contribution is -0.141. The summed E-state index contributed by atoms with van der Waals surface area (Å²) in [5, 5.41) is 4.31. The van der Waals surface area contributed by atoms with E-state index in [1.54, 1.807) is 6.20 Å². The van der Waals surface area contributed by atoms with Gasteiger partial charge in [-0.2, -0.15) is 18.3 Å². The topological polar surface area (TPSA) is 56.7 Å². The highest BCUT2D eigenvalue weighted by atomic mass is 19.4. The summed E-state index contributed by atoms with van der Waals surface area (Å²) in [5.41, 5.74) is 6.05. The minimum atomic E-state index is -4.48. The summed E-state index contributed by atoms with van der Waals surface area (Å²) in [6, 6.07) is 4.11. The van der Waals surface area contributed by atoms with Crippen molar-refractivity contribution < 1.29 is 13.2 Å². The van der Waals surface area contributed by atoms with Crippen molar-refractivity contribution in [1.82, 2.24) is 14.8 Å². The van der Waals surface area contributed by atoms with Crippen molar-refractivity contribution in [3.63, 3.8) is 0 Å². The van der Waals surface area contributed by atoms with E-state index in [0.717, 1.165) is 24.6 Å². The lowest BCUT2D eigenvalue weighted by atomic mass is 10.2. The maximum Gasteiger partial charge on any atom is 0.433 e. The monoisotopic (exact) mass is 282 g/mol. The molecule has 3 rings (SSSR count). The molecule has 1 saturated carbocycles. The number of aromatic nitrogens is 3.